The summed E-state index contributed by atoms with van der Waals surface area (Å²) in [6.45, 7) is 0. The normalized spacial score (nSPS) is 11.1. The van der Waals surface area contributed by atoms with Crippen LogP contribution in [0.25, 0.3) is 34.0 Å². The Kier molecular flexibility index (Phi) is 5.96. The standard InChI is InChI=1S/C27H17F3N8O/c28-18-3-1-16(2-4-18)25-26(37(15-32-25)20-7-5-19(29)6-8-20)21-9-10-24-33-23(14-38(24)36-21)34-35-27(39)17-11-12-31-22(30)13-17/h1-15,34H,(H,35,39). The van der Waals surface area contributed by atoms with Crippen LogP contribution in [0.1, 0.15) is 10.4 Å². The molecule has 0 aliphatic rings. The molecule has 0 aliphatic heterocycles. The number of halogens is 3. The number of hydrazine groups is 1. The van der Waals surface area contributed by atoms with Crippen LogP contribution in [0.15, 0.2) is 91.5 Å². The quantitative estimate of drug-likeness (QED) is 0.238. The van der Waals surface area contributed by atoms with Crippen LogP contribution in [-0.4, -0.2) is 35.0 Å². The van der Waals surface area contributed by atoms with Crippen molar-refractivity contribution in [2.45, 2.75) is 0 Å². The van der Waals surface area contributed by atoms with E-state index in [9.17, 15) is 18.0 Å². The van der Waals surface area contributed by atoms with Crippen LogP contribution in [0.5, 0.6) is 0 Å². The molecule has 0 fully saturated rings. The number of fused-ring (bicyclic) bond motifs is 1. The summed E-state index contributed by atoms with van der Waals surface area (Å²) in [5, 5.41) is 4.68. The van der Waals surface area contributed by atoms with Gasteiger partial charge in [-0.1, -0.05) is 0 Å². The molecule has 0 radical (unpaired) electrons. The van der Waals surface area contributed by atoms with Gasteiger partial charge in [0, 0.05) is 29.1 Å². The molecule has 9 nitrogen and oxygen atoms in total. The van der Waals surface area contributed by atoms with Crippen molar-refractivity contribution in [3.05, 3.63) is 115 Å². The third kappa shape index (κ3) is 4.78. The van der Waals surface area contributed by atoms with Crippen molar-refractivity contribution in [1.82, 2.24) is 34.6 Å². The molecule has 0 saturated carbocycles. The number of benzene rings is 2. The van der Waals surface area contributed by atoms with Gasteiger partial charge in [0.05, 0.1) is 11.9 Å². The van der Waals surface area contributed by atoms with E-state index in [0.29, 0.717) is 34.0 Å². The van der Waals surface area contributed by atoms with Crippen molar-refractivity contribution in [3.8, 4) is 28.3 Å². The molecule has 4 heterocycles. The fraction of sp³-hybridized carbons (Fsp3) is 0. The third-order valence-corrected chi connectivity index (χ3v) is 5.85. The summed E-state index contributed by atoms with van der Waals surface area (Å²) in [6, 6.07) is 17.7. The number of aromatic nitrogens is 6. The van der Waals surface area contributed by atoms with Crippen LogP contribution in [0.2, 0.25) is 0 Å². The van der Waals surface area contributed by atoms with E-state index in [1.807, 2.05) is 0 Å². The molecule has 1 amide bonds. The number of hydrogen-bond acceptors (Lipinski definition) is 6. The Morgan fingerprint density at radius 2 is 1.59 bits per heavy atom. The maximum Gasteiger partial charge on any atom is 0.269 e. The van der Waals surface area contributed by atoms with Crippen LogP contribution in [0, 0.1) is 17.6 Å². The van der Waals surface area contributed by atoms with Crippen molar-refractivity contribution in [1.29, 1.82) is 0 Å². The smallest absolute Gasteiger partial charge is 0.269 e. The zero-order chi connectivity index (χ0) is 26.9. The molecule has 12 heteroatoms. The summed E-state index contributed by atoms with van der Waals surface area (Å²) in [5.41, 5.74) is 8.65. The average molecular weight is 526 g/mol. The first-order valence-corrected chi connectivity index (χ1v) is 11.6. The molecule has 2 N–H and O–H groups in total. The Labute approximate surface area is 218 Å². The second kappa shape index (κ2) is 9.74. The summed E-state index contributed by atoms with van der Waals surface area (Å²) in [5.74, 6) is -1.81. The Balaban J connectivity index is 1.36. The van der Waals surface area contributed by atoms with Crippen molar-refractivity contribution in [2.24, 2.45) is 0 Å². The number of anilines is 1. The van der Waals surface area contributed by atoms with E-state index in [-0.39, 0.29) is 23.0 Å². The zero-order valence-corrected chi connectivity index (χ0v) is 19.9. The lowest BCUT2D eigenvalue weighted by molar-refractivity contribution is 0.0962. The summed E-state index contributed by atoms with van der Waals surface area (Å²) in [6.07, 6.45) is 4.34. The number of carbonyl (C=O) groups is 1. The minimum absolute atomic E-state index is 0.0848. The molecule has 0 unspecified atom stereocenters. The number of amides is 1. The summed E-state index contributed by atoms with van der Waals surface area (Å²) >= 11 is 0. The lowest BCUT2D eigenvalue weighted by Gasteiger charge is -2.10. The van der Waals surface area contributed by atoms with Gasteiger partial charge in [-0.05, 0) is 66.7 Å². The highest BCUT2D eigenvalue weighted by atomic mass is 19.1. The lowest BCUT2D eigenvalue weighted by atomic mass is 10.1. The van der Waals surface area contributed by atoms with Crippen LogP contribution in [0.3, 0.4) is 0 Å². The van der Waals surface area contributed by atoms with Gasteiger partial charge < -0.3 is 0 Å². The molecular formula is C27H17F3N8O. The number of rotatable bonds is 6. The predicted molar refractivity (Wildman–Crippen MR) is 136 cm³/mol. The number of carbonyl (C=O) groups excluding carboxylic acids is 1. The van der Waals surface area contributed by atoms with Crippen molar-refractivity contribution in [3.63, 3.8) is 0 Å². The zero-order valence-electron chi connectivity index (χ0n) is 19.9. The van der Waals surface area contributed by atoms with Gasteiger partial charge >= 0.3 is 0 Å². The van der Waals surface area contributed by atoms with Gasteiger partial charge in [0.2, 0.25) is 5.95 Å². The highest BCUT2D eigenvalue weighted by molar-refractivity contribution is 5.94. The maximum absolute atomic E-state index is 13.6. The molecule has 6 rings (SSSR count). The molecule has 6 aromatic rings. The number of hydrogen-bond donors (Lipinski definition) is 2. The van der Waals surface area contributed by atoms with Crippen LogP contribution in [0.4, 0.5) is 19.0 Å². The minimum atomic E-state index is -0.771. The van der Waals surface area contributed by atoms with Gasteiger partial charge in [-0.25, -0.2) is 28.2 Å². The fourth-order valence-corrected chi connectivity index (χ4v) is 4.01. The van der Waals surface area contributed by atoms with Gasteiger partial charge in [-0.15, -0.1) is 0 Å². The predicted octanol–water partition coefficient (Wildman–Crippen LogP) is 4.82. The third-order valence-electron chi connectivity index (χ3n) is 5.85. The summed E-state index contributed by atoms with van der Waals surface area (Å²) < 4.78 is 43.8. The van der Waals surface area contributed by atoms with E-state index in [2.05, 4.69) is 30.9 Å². The Morgan fingerprint density at radius 3 is 2.33 bits per heavy atom. The van der Waals surface area contributed by atoms with Crippen molar-refractivity contribution < 1.29 is 18.0 Å². The number of nitrogens with zero attached hydrogens (tertiary/aromatic N) is 6. The first kappa shape index (κ1) is 23.9. The van der Waals surface area contributed by atoms with E-state index in [1.54, 1.807) is 53.5 Å². The van der Waals surface area contributed by atoms with Crippen LogP contribution in [-0.2, 0) is 0 Å². The topological polar surface area (TPSA) is 102 Å². The summed E-state index contributed by atoms with van der Waals surface area (Å²) in [7, 11) is 0. The fourth-order valence-electron chi connectivity index (χ4n) is 4.01. The van der Waals surface area contributed by atoms with Gasteiger partial charge in [0.15, 0.2) is 11.5 Å². The van der Waals surface area contributed by atoms with Crippen LogP contribution >= 0.6 is 0 Å². The molecule has 2 aromatic carbocycles. The van der Waals surface area contributed by atoms with E-state index < -0.39 is 11.9 Å². The number of nitrogens with one attached hydrogen (secondary N) is 2. The number of pyridine rings is 1. The van der Waals surface area contributed by atoms with Crippen molar-refractivity contribution >= 4 is 17.4 Å². The summed E-state index contributed by atoms with van der Waals surface area (Å²) in [4.78, 5) is 24.7. The molecule has 0 saturated heterocycles. The molecule has 39 heavy (non-hydrogen) atoms. The molecule has 0 atom stereocenters. The highest BCUT2D eigenvalue weighted by Gasteiger charge is 2.19. The van der Waals surface area contributed by atoms with Crippen LogP contribution < -0.4 is 10.9 Å². The van der Waals surface area contributed by atoms with E-state index in [0.717, 1.165) is 6.07 Å². The first-order chi connectivity index (χ1) is 18.9. The second-order valence-electron chi connectivity index (χ2n) is 8.39. The Morgan fingerprint density at radius 1 is 0.846 bits per heavy atom. The Bertz CT molecular complexity index is 1750. The van der Waals surface area contributed by atoms with E-state index in [4.69, 9.17) is 0 Å². The van der Waals surface area contributed by atoms with Gasteiger partial charge in [0.25, 0.3) is 5.91 Å². The monoisotopic (exact) mass is 526 g/mol. The molecule has 0 spiro atoms. The molecular weight excluding hydrogens is 509 g/mol. The van der Waals surface area contributed by atoms with Gasteiger partial charge in [-0.2, -0.15) is 9.49 Å². The highest BCUT2D eigenvalue weighted by Crippen LogP contribution is 2.32. The van der Waals surface area contributed by atoms with E-state index >= 15 is 0 Å². The average Bonchev–Trinajstić information content (AvgIpc) is 3.56. The maximum atomic E-state index is 13.6. The lowest BCUT2D eigenvalue weighted by Crippen LogP contribution is -2.29. The SMILES string of the molecule is O=C(NNc1cn2nc(-c3c(-c4ccc(F)cc4)ncn3-c3ccc(F)cc3)ccc2n1)c1ccnc(F)c1. The minimum Gasteiger partial charge on any atom is -0.297 e. The Hall–Kier alpha value is -5.52. The van der Waals surface area contributed by atoms with Gasteiger partial charge in [-0.3, -0.25) is 20.2 Å². The first-order valence-electron chi connectivity index (χ1n) is 11.6. The number of imidazole rings is 2. The van der Waals surface area contributed by atoms with E-state index in [1.165, 1.54) is 41.0 Å². The second-order valence-corrected chi connectivity index (χ2v) is 8.39. The van der Waals surface area contributed by atoms with Crippen molar-refractivity contribution in [2.75, 3.05) is 5.43 Å². The largest absolute Gasteiger partial charge is 0.297 e. The molecule has 4 aromatic heterocycles. The molecule has 192 valence electrons. The van der Waals surface area contributed by atoms with Gasteiger partial charge in [0.1, 0.15) is 29.3 Å². The molecule has 0 bridgehead atoms. The molecule has 0 aliphatic carbocycles.